The second-order valence-corrected chi connectivity index (χ2v) is 5.38. The molecule has 1 aromatic rings. The molecule has 0 amide bonds. The topological polar surface area (TPSA) is 76.5 Å². The molecule has 2 N–H and O–H groups in total. The summed E-state index contributed by atoms with van der Waals surface area (Å²) in [7, 11) is 0. The predicted molar refractivity (Wildman–Crippen MR) is 70.1 cm³/mol. The van der Waals surface area contributed by atoms with Gasteiger partial charge in [-0.2, -0.15) is 0 Å². The fourth-order valence-corrected chi connectivity index (χ4v) is 1.29. The van der Waals surface area contributed by atoms with Gasteiger partial charge in [0.25, 0.3) is 0 Å². The number of nitrogens with one attached hydrogen (secondary N) is 1. The first kappa shape index (κ1) is 15.3. The summed E-state index contributed by atoms with van der Waals surface area (Å²) in [5, 5.41) is 12.3. The zero-order chi connectivity index (χ0) is 13.6. The van der Waals surface area contributed by atoms with Crippen LogP contribution in [0.5, 0.6) is 5.88 Å². The SMILES string of the molecule is CC(C)(C)OC(O)NCCOc1cnc(Br)cn1. The number of ether oxygens (including phenoxy) is 2. The molecule has 1 atom stereocenters. The first-order valence-corrected chi connectivity index (χ1v) is 6.36. The third kappa shape index (κ3) is 6.85. The average Bonchev–Trinajstić information content (AvgIpc) is 2.24. The van der Waals surface area contributed by atoms with E-state index in [1.54, 1.807) is 6.20 Å². The van der Waals surface area contributed by atoms with Gasteiger partial charge in [-0.3, -0.25) is 5.32 Å². The van der Waals surface area contributed by atoms with Gasteiger partial charge in [0.1, 0.15) is 11.2 Å². The van der Waals surface area contributed by atoms with Crippen molar-refractivity contribution in [2.45, 2.75) is 32.8 Å². The molecule has 6 nitrogen and oxygen atoms in total. The third-order valence-corrected chi connectivity index (χ3v) is 2.14. The van der Waals surface area contributed by atoms with Crippen LogP contribution in [0.4, 0.5) is 0 Å². The van der Waals surface area contributed by atoms with Gasteiger partial charge in [-0.05, 0) is 36.7 Å². The Kier molecular flexibility index (Phi) is 5.94. The van der Waals surface area contributed by atoms with Gasteiger partial charge in [0.15, 0.2) is 0 Å². The highest BCUT2D eigenvalue weighted by Gasteiger charge is 2.15. The lowest BCUT2D eigenvalue weighted by Gasteiger charge is -2.24. The Morgan fingerprint density at radius 3 is 2.67 bits per heavy atom. The molecule has 0 aliphatic carbocycles. The van der Waals surface area contributed by atoms with Gasteiger partial charge in [0, 0.05) is 6.54 Å². The standard InChI is InChI=1S/C11H18BrN3O3/c1-11(2,3)18-10(16)13-4-5-17-9-7-14-8(12)6-15-9/h6-7,10,13,16H,4-5H2,1-3H3. The number of hydrogen-bond acceptors (Lipinski definition) is 6. The number of aliphatic hydroxyl groups is 1. The van der Waals surface area contributed by atoms with Crippen molar-refractivity contribution >= 4 is 15.9 Å². The molecule has 1 rings (SSSR count). The summed E-state index contributed by atoms with van der Waals surface area (Å²) < 4.78 is 11.2. The minimum absolute atomic E-state index is 0.362. The maximum atomic E-state index is 9.50. The molecular formula is C11H18BrN3O3. The third-order valence-electron chi connectivity index (χ3n) is 1.73. The van der Waals surface area contributed by atoms with Crippen molar-refractivity contribution in [1.82, 2.24) is 15.3 Å². The molecule has 0 saturated heterocycles. The normalized spacial score (nSPS) is 13.4. The Bertz CT molecular complexity index is 354. The lowest BCUT2D eigenvalue weighted by molar-refractivity contribution is -0.181. The quantitative estimate of drug-likeness (QED) is 0.608. The number of rotatable bonds is 6. The minimum Gasteiger partial charge on any atom is -0.475 e. The fourth-order valence-electron chi connectivity index (χ4n) is 1.09. The van der Waals surface area contributed by atoms with Crippen LogP contribution in [0.3, 0.4) is 0 Å². The van der Waals surface area contributed by atoms with E-state index in [4.69, 9.17) is 9.47 Å². The van der Waals surface area contributed by atoms with Crippen molar-refractivity contribution in [2.24, 2.45) is 0 Å². The lowest BCUT2D eigenvalue weighted by Crippen LogP contribution is -2.39. The maximum absolute atomic E-state index is 9.50. The van der Waals surface area contributed by atoms with Crippen LogP contribution in [0, 0.1) is 0 Å². The number of halogens is 1. The Morgan fingerprint density at radius 1 is 1.39 bits per heavy atom. The van der Waals surface area contributed by atoms with E-state index in [9.17, 15) is 5.11 Å². The zero-order valence-corrected chi connectivity index (χ0v) is 12.3. The molecule has 1 heterocycles. The molecule has 7 heteroatoms. The van der Waals surface area contributed by atoms with Crippen LogP contribution < -0.4 is 10.1 Å². The van der Waals surface area contributed by atoms with E-state index in [1.807, 2.05) is 20.8 Å². The Balaban J connectivity index is 2.17. The largest absolute Gasteiger partial charge is 0.475 e. The number of nitrogens with zero attached hydrogens (tertiary/aromatic N) is 2. The molecule has 0 spiro atoms. The van der Waals surface area contributed by atoms with E-state index in [1.165, 1.54) is 6.20 Å². The van der Waals surface area contributed by atoms with Crippen molar-refractivity contribution in [3.63, 3.8) is 0 Å². The summed E-state index contributed by atoms with van der Waals surface area (Å²) in [6.07, 6.45) is 2.07. The predicted octanol–water partition coefficient (Wildman–Crippen LogP) is 1.30. The molecule has 0 saturated carbocycles. The Labute approximate surface area is 115 Å². The van der Waals surface area contributed by atoms with Gasteiger partial charge >= 0.3 is 0 Å². The van der Waals surface area contributed by atoms with Gasteiger partial charge in [0.05, 0.1) is 18.0 Å². The van der Waals surface area contributed by atoms with Gasteiger partial charge in [0.2, 0.25) is 12.3 Å². The summed E-state index contributed by atoms with van der Waals surface area (Å²) in [5.41, 5.74) is -0.398. The highest BCUT2D eigenvalue weighted by Crippen LogP contribution is 2.09. The van der Waals surface area contributed by atoms with E-state index >= 15 is 0 Å². The molecule has 18 heavy (non-hydrogen) atoms. The van der Waals surface area contributed by atoms with E-state index in [0.717, 1.165) is 0 Å². The summed E-state index contributed by atoms with van der Waals surface area (Å²) in [6.45, 7) is 6.40. The number of aliphatic hydroxyl groups excluding tert-OH is 1. The van der Waals surface area contributed by atoms with Gasteiger partial charge in [-0.25, -0.2) is 9.97 Å². The fraction of sp³-hybridized carbons (Fsp3) is 0.636. The van der Waals surface area contributed by atoms with Crippen LogP contribution in [0.15, 0.2) is 17.0 Å². The molecule has 0 aromatic carbocycles. The molecule has 1 aromatic heterocycles. The summed E-state index contributed by atoms with van der Waals surface area (Å²) >= 11 is 3.18. The smallest absolute Gasteiger partial charge is 0.232 e. The second kappa shape index (κ2) is 6.98. The van der Waals surface area contributed by atoms with Crippen LogP contribution in [0.25, 0.3) is 0 Å². The van der Waals surface area contributed by atoms with Crippen molar-refractivity contribution in [1.29, 1.82) is 0 Å². The summed E-state index contributed by atoms with van der Waals surface area (Å²) in [4.78, 5) is 7.98. The van der Waals surface area contributed by atoms with E-state index < -0.39 is 12.0 Å². The summed E-state index contributed by atoms with van der Waals surface area (Å²) in [5.74, 6) is 0.436. The lowest BCUT2D eigenvalue weighted by atomic mass is 10.2. The molecule has 0 aliphatic heterocycles. The molecule has 0 radical (unpaired) electrons. The Morgan fingerprint density at radius 2 is 2.11 bits per heavy atom. The van der Waals surface area contributed by atoms with Crippen LogP contribution >= 0.6 is 15.9 Å². The monoisotopic (exact) mass is 319 g/mol. The highest BCUT2D eigenvalue weighted by atomic mass is 79.9. The molecule has 0 fully saturated rings. The molecule has 0 aliphatic rings. The zero-order valence-electron chi connectivity index (χ0n) is 10.7. The van der Waals surface area contributed by atoms with Gasteiger partial charge < -0.3 is 14.6 Å². The van der Waals surface area contributed by atoms with Crippen molar-refractivity contribution in [3.05, 3.63) is 17.0 Å². The van der Waals surface area contributed by atoms with Crippen LogP contribution in [-0.2, 0) is 4.74 Å². The maximum Gasteiger partial charge on any atom is 0.232 e. The van der Waals surface area contributed by atoms with E-state index in [2.05, 4.69) is 31.2 Å². The van der Waals surface area contributed by atoms with Gasteiger partial charge in [-0.15, -0.1) is 0 Å². The summed E-state index contributed by atoms with van der Waals surface area (Å²) in [6, 6.07) is 0. The highest BCUT2D eigenvalue weighted by molar-refractivity contribution is 9.10. The molecule has 0 bridgehead atoms. The van der Waals surface area contributed by atoms with Crippen molar-refractivity contribution in [2.75, 3.05) is 13.2 Å². The second-order valence-electron chi connectivity index (χ2n) is 4.56. The first-order chi connectivity index (χ1) is 8.37. The van der Waals surface area contributed by atoms with Crippen LogP contribution in [0.2, 0.25) is 0 Å². The van der Waals surface area contributed by atoms with Crippen LogP contribution in [-0.4, -0.2) is 40.2 Å². The van der Waals surface area contributed by atoms with E-state index in [0.29, 0.717) is 23.6 Å². The van der Waals surface area contributed by atoms with Crippen molar-refractivity contribution < 1.29 is 14.6 Å². The first-order valence-electron chi connectivity index (χ1n) is 5.56. The number of hydrogen-bond donors (Lipinski definition) is 2. The minimum atomic E-state index is -1.01. The average molecular weight is 320 g/mol. The van der Waals surface area contributed by atoms with Crippen LogP contribution in [0.1, 0.15) is 20.8 Å². The van der Waals surface area contributed by atoms with E-state index in [-0.39, 0.29) is 0 Å². The Hall–Kier alpha value is -0.760. The molecule has 1 unspecified atom stereocenters. The molecule has 102 valence electrons. The number of aromatic nitrogens is 2. The molecular weight excluding hydrogens is 302 g/mol. The van der Waals surface area contributed by atoms with Crippen molar-refractivity contribution in [3.8, 4) is 5.88 Å². The van der Waals surface area contributed by atoms with Gasteiger partial charge in [-0.1, -0.05) is 0 Å².